The predicted molar refractivity (Wildman–Crippen MR) is 80.6 cm³/mol. The van der Waals surface area contributed by atoms with E-state index in [0.29, 0.717) is 6.04 Å². The topological polar surface area (TPSA) is 31.6 Å². The van der Waals surface area contributed by atoms with Crippen LogP contribution in [0.2, 0.25) is 0 Å². The van der Waals surface area contributed by atoms with Crippen LogP contribution in [-0.4, -0.2) is 49.1 Å². The van der Waals surface area contributed by atoms with Crippen molar-refractivity contribution in [1.29, 1.82) is 0 Å². The van der Waals surface area contributed by atoms with E-state index in [1.165, 1.54) is 44.3 Å². The average Bonchev–Trinajstić information content (AvgIpc) is 3.17. The molecule has 2 aliphatic rings. The molecule has 112 valence electrons. The zero-order chi connectivity index (χ0) is 13.9. The number of hydrogen-bond acceptors (Lipinski definition) is 4. The highest BCUT2D eigenvalue weighted by Gasteiger charge is 2.22. The van der Waals surface area contributed by atoms with Gasteiger partial charge in [0, 0.05) is 24.2 Å². The molecule has 0 bridgehead atoms. The van der Waals surface area contributed by atoms with E-state index in [4.69, 9.17) is 4.42 Å². The lowest BCUT2D eigenvalue weighted by molar-refractivity contribution is 0.132. The van der Waals surface area contributed by atoms with E-state index in [-0.39, 0.29) is 0 Å². The van der Waals surface area contributed by atoms with E-state index >= 15 is 0 Å². The Morgan fingerprint density at radius 2 is 2.05 bits per heavy atom. The third-order valence-electron chi connectivity index (χ3n) is 4.60. The monoisotopic (exact) mass is 277 g/mol. The number of rotatable bonds is 6. The van der Waals surface area contributed by atoms with Crippen LogP contribution in [0.3, 0.4) is 0 Å². The molecule has 4 heteroatoms. The van der Waals surface area contributed by atoms with Gasteiger partial charge < -0.3 is 14.6 Å². The molecule has 0 unspecified atom stereocenters. The molecule has 0 aromatic carbocycles. The van der Waals surface area contributed by atoms with Gasteiger partial charge in [0.15, 0.2) is 0 Å². The standard InChI is InChI=1S/C16H27N3O/c1-18-7-5-15(6-8-18)19(2)11-16-9-13(12-20-16)10-17-14-3-4-14/h9,12,14-15,17H,3-8,10-11H2,1-2H3. The third-order valence-corrected chi connectivity index (χ3v) is 4.60. The first-order chi connectivity index (χ1) is 9.70. The van der Waals surface area contributed by atoms with Crippen LogP contribution in [0.25, 0.3) is 0 Å². The van der Waals surface area contributed by atoms with Crippen molar-refractivity contribution in [3.8, 4) is 0 Å². The van der Waals surface area contributed by atoms with Gasteiger partial charge in [-0.15, -0.1) is 0 Å². The SMILES string of the molecule is CN1CCC(N(C)Cc2cc(CNC3CC3)co2)CC1. The van der Waals surface area contributed by atoms with Crippen LogP contribution < -0.4 is 5.32 Å². The zero-order valence-corrected chi connectivity index (χ0v) is 12.8. The summed E-state index contributed by atoms with van der Waals surface area (Å²) in [4.78, 5) is 4.86. The van der Waals surface area contributed by atoms with E-state index in [1.54, 1.807) is 0 Å². The van der Waals surface area contributed by atoms with E-state index in [1.807, 2.05) is 6.26 Å². The average molecular weight is 277 g/mol. The van der Waals surface area contributed by atoms with Gasteiger partial charge >= 0.3 is 0 Å². The van der Waals surface area contributed by atoms with Gasteiger partial charge in [0.05, 0.1) is 12.8 Å². The minimum absolute atomic E-state index is 0.698. The maximum Gasteiger partial charge on any atom is 0.118 e. The van der Waals surface area contributed by atoms with E-state index in [0.717, 1.165) is 24.9 Å². The van der Waals surface area contributed by atoms with Crippen molar-refractivity contribution in [3.63, 3.8) is 0 Å². The number of hydrogen-bond donors (Lipinski definition) is 1. The maximum absolute atomic E-state index is 5.71. The van der Waals surface area contributed by atoms with Crippen molar-refractivity contribution >= 4 is 0 Å². The maximum atomic E-state index is 5.71. The van der Waals surface area contributed by atoms with Crippen molar-refractivity contribution < 1.29 is 4.42 Å². The Labute approximate surface area is 122 Å². The summed E-state index contributed by atoms with van der Waals surface area (Å²) in [6.45, 7) is 4.30. The van der Waals surface area contributed by atoms with Crippen LogP contribution in [0.1, 0.15) is 37.0 Å². The molecule has 3 rings (SSSR count). The molecule has 2 heterocycles. The molecule has 1 saturated heterocycles. The first-order valence-electron chi connectivity index (χ1n) is 7.89. The molecule has 1 aliphatic carbocycles. The number of furan rings is 1. The summed E-state index contributed by atoms with van der Waals surface area (Å²) in [6, 6.07) is 3.67. The van der Waals surface area contributed by atoms with Gasteiger partial charge in [0.2, 0.25) is 0 Å². The molecular weight excluding hydrogens is 250 g/mol. The summed E-state index contributed by atoms with van der Waals surface area (Å²) in [7, 11) is 4.43. The molecule has 2 fully saturated rings. The number of piperidine rings is 1. The fraction of sp³-hybridized carbons (Fsp3) is 0.750. The van der Waals surface area contributed by atoms with Crippen molar-refractivity contribution in [2.45, 2.75) is 50.9 Å². The molecule has 1 aromatic heterocycles. The van der Waals surface area contributed by atoms with Crippen LogP contribution in [0.5, 0.6) is 0 Å². The summed E-state index contributed by atoms with van der Waals surface area (Å²) >= 11 is 0. The fourth-order valence-electron chi connectivity index (χ4n) is 2.96. The second-order valence-corrected chi connectivity index (χ2v) is 6.53. The molecule has 20 heavy (non-hydrogen) atoms. The van der Waals surface area contributed by atoms with Crippen LogP contribution in [-0.2, 0) is 13.1 Å². The predicted octanol–water partition coefficient (Wildman–Crippen LogP) is 2.06. The Bertz CT molecular complexity index is 419. The van der Waals surface area contributed by atoms with E-state index in [2.05, 4.69) is 35.3 Å². The second kappa shape index (κ2) is 6.29. The third kappa shape index (κ3) is 3.84. The van der Waals surface area contributed by atoms with Gasteiger partial charge in [-0.3, -0.25) is 4.90 Å². The minimum atomic E-state index is 0.698. The molecule has 0 spiro atoms. The van der Waals surface area contributed by atoms with E-state index in [9.17, 15) is 0 Å². The fourth-order valence-corrected chi connectivity index (χ4v) is 2.96. The Morgan fingerprint density at radius 1 is 1.30 bits per heavy atom. The molecular formula is C16H27N3O. The van der Waals surface area contributed by atoms with Crippen molar-refractivity contribution in [1.82, 2.24) is 15.1 Å². The highest BCUT2D eigenvalue weighted by atomic mass is 16.3. The second-order valence-electron chi connectivity index (χ2n) is 6.53. The summed E-state index contributed by atoms with van der Waals surface area (Å²) in [5, 5.41) is 3.53. The summed E-state index contributed by atoms with van der Waals surface area (Å²) in [5.41, 5.74) is 1.28. The zero-order valence-electron chi connectivity index (χ0n) is 12.8. The Kier molecular flexibility index (Phi) is 4.44. The van der Waals surface area contributed by atoms with Gasteiger partial charge in [-0.1, -0.05) is 0 Å². The summed E-state index contributed by atoms with van der Waals surface area (Å²) in [5.74, 6) is 1.10. The van der Waals surface area contributed by atoms with Gasteiger partial charge in [0.1, 0.15) is 5.76 Å². The minimum Gasteiger partial charge on any atom is -0.468 e. The normalized spacial score (nSPS) is 21.8. The van der Waals surface area contributed by atoms with Gasteiger partial charge in [-0.25, -0.2) is 0 Å². The smallest absolute Gasteiger partial charge is 0.118 e. The van der Waals surface area contributed by atoms with Crippen molar-refractivity contribution in [3.05, 3.63) is 23.7 Å². The molecule has 4 nitrogen and oxygen atoms in total. The van der Waals surface area contributed by atoms with Crippen LogP contribution in [0, 0.1) is 0 Å². The number of nitrogens with one attached hydrogen (secondary N) is 1. The Morgan fingerprint density at radius 3 is 2.75 bits per heavy atom. The molecule has 1 aromatic rings. The largest absolute Gasteiger partial charge is 0.468 e. The first-order valence-corrected chi connectivity index (χ1v) is 7.89. The Balaban J connectivity index is 1.46. The van der Waals surface area contributed by atoms with Crippen LogP contribution in [0.4, 0.5) is 0 Å². The highest BCUT2D eigenvalue weighted by Crippen LogP contribution is 2.21. The van der Waals surface area contributed by atoms with Crippen LogP contribution >= 0.6 is 0 Å². The molecule has 1 N–H and O–H groups in total. The summed E-state index contributed by atoms with van der Waals surface area (Å²) in [6.07, 6.45) is 7.12. The molecule has 0 radical (unpaired) electrons. The quantitative estimate of drug-likeness (QED) is 0.862. The van der Waals surface area contributed by atoms with Crippen LogP contribution in [0.15, 0.2) is 16.7 Å². The first kappa shape index (κ1) is 14.1. The number of likely N-dealkylation sites (tertiary alicyclic amines) is 1. The molecule has 1 aliphatic heterocycles. The molecule has 0 atom stereocenters. The lowest BCUT2D eigenvalue weighted by Crippen LogP contribution is -2.41. The van der Waals surface area contributed by atoms with E-state index < -0.39 is 0 Å². The van der Waals surface area contributed by atoms with Gasteiger partial charge in [-0.2, -0.15) is 0 Å². The van der Waals surface area contributed by atoms with Crippen molar-refractivity contribution in [2.75, 3.05) is 27.2 Å². The highest BCUT2D eigenvalue weighted by molar-refractivity contribution is 5.13. The molecule has 1 saturated carbocycles. The van der Waals surface area contributed by atoms with Crippen molar-refractivity contribution in [2.24, 2.45) is 0 Å². The van der Waals surface area contributed by atoms with Gasteiger partial charge in [0.25, 0.3) is 0 Å². The number of nitrogens with zero attached hydrogens (tertiary/aromatic N) is 2. The lowest BCUT2D eigenvalue weighted by atomic mass is 10.0. The Hall–Kier alpha value is -0.840. The lowest BCUT2D eigenvalue weighted by Gasteiger charge is -2.34. The van der Waals surface area contributed by atoms with Gasteiger partial charge in [-0.05, 0) is 58.9 Å². The summed E-state index contributed by atoms with van der Waals surface area (Å²) < 4.78 is 5.71. The molecule has 0 amide bonds.